The summed E-state index contributed by atoms with van der Waals surface area (Å²) in [5.74, 6) is -0.574. The van der Waals surface area contributed by atoms with Crippen molar-refractivity contribution in [2.24, 2.45) is 0 Å². The summed E-state index contributed by atoms with van der Waals surface area (Å²) >= 11 is 0. The summed E-state index contributed by atoms with van der Waals surface area (Å²) < 4.78 is 15.4. The van der Waals surface area contributed by atoms with E-state index in [0.29, 0.717) is 22.6 Å². The van der Waals surface area contributed by atoms with Gasteiger partial charge in [0.1, 0.15) is 11.5 Å². The summed E-state index contributed by atoms with van der Waals surface area (Å²) in [5.41, 5.74) is 3.06. The van der Waals surface area contributed by atoms with Crippen LogP contribution in [0.5, 0.6) is 0 Å². The van der Waals surface area contributed by atoms with Gasteiger partial charge in [-0.25, -0.2) is 9.07 Å². The van der Waals surface area contributed by atoms with Crippen molar-refractivity contribution in [2.75, 3.05) is 5.32 Å². The van der Waals surface area contributed by atoms with Crippen LogP contribution in [0, 0.1) is 19.7 Å². The first-order valence-corrected chi connectivity index (χ1v) is 7.24. The number of hydrogen-bond donors (Lipinski definition) is 1. The molecule has 0 saturated heterocycles. The number of rotatable bonds is 3. The lowest BCUT2D eigenvalue weighted by Crippen LogP contribution is -2.14. The minimum absolute atomic E-state index is 0.209. The predicted octanol–water partition coefficient (Wildman–Crippen LogP) is 3.88. The van der Waals surface area contributed by atoms with E-state index < -0.39 is 0 Å². The van der Waals surface area contributed by atoms with Crippen LogP contribution in [0.25, 0.3) is 5.69 Å². The first kappa shape index (κ1) is 15.0. The summed E-state index contributed by atoms with van der Waals surface area (Å²) in [5, 5.41) is 7.01. The van der Waals surface area contributed by atoms with E-state index in [9.17, 15) is 9.18 Å². The number of amides is 1. The Balaban J connectivity index is 1.90. The van der Waals surface area contributed by atoms with Crippen LogP contribution in [0.4, 0.5) is 10.1 Å². The van der Waals surface area contributed by atoms with Gasteiger partial charge >= 0.3 is 0 Å². The average Bonchev–Trinajstić information content (AvgIpc) is 2.89. The molecule has 2 aromatic carbocycles. The number of carbonyl (C=O) groups is 1. The molecule has 0 unspecified atom stereocenters. The van der Waals surface area contributed by atoms with Crippen LogP contribution in [0.2, 0.25) is 0 Å². The Morgan fingerprint density at radius 1 is 1.09 bits per heavy atom. The monoisotopic (exact) mass is 309 g/mol. The van der Waals surface area contributed by atoms with Gasteiger partial charge in [-0.15, -0.1) is 0 Å². The third-order valence-electron chi connectivity index (χ3n) is 3.73. The van der Waals surface area contributed by atoms with E-state index in [-0.39, 0.29) is 11.7 Å². The molecule has 1 aromatic heterocycles. The van der Waals surface area contributed by atoms with Crippen molar-refractivity contribution in [1.82, 2.24) is 9.78 Å². The SMILES string of the molecule is Cc1ccccc1C(=O)Nc1cnn(-c2ccccc2F)c1C. The number of nitrogens with one attached hydrogen (secondary N) is 1. The van der Waals surface area contributed by atoms with Gasteiger partial charge in [0, 0.05) is 5.56 Å². The van der Waals surface area contributed by atoms with E-state index in [0.717, 1.165) is 5.56 Å². The van der Waals surface area contributed by atoms with Crippen LogP contribution in [-0.4, -0.2) is 15.7 Å². The van der Waals surface area contributed by atoms with Gasteiger partial charge in [0.2, 0.25) is 0 Å². The van der Waals surface area contributed by atoms with Crippen LogP contribution in [-0.2, 0) is 0 Å². The summed E-state index contributed by atoms with van der Waals surface area (Å²) in [4.78, 5) is 12.4. The maximum Gasteiger partial charge on any atom is 0.256 e. The molecule has 0 bridgehead atoms. The maximum absolute atomic E-state index is 13.9. The Kier molecular flexibility index (Phi) is 3.93. The molecule has 0 saturated carbocycles. The lowest BCUT2D eigenvalue weighted by molar-refractivity contribution is 0.102. The van der Waals surface area contributed by atoms with Crippen molar-refractivity contribution in [3.05, 3.63) is 77.4 Å². The van der Waals surface area contributed by atoms with E-state index in [1.807, 2.05) is 25.1 Å². The van der Waals surface area contributed by atoms with Gasteiger partial charge in [0.25, 0.3) is 5.91 Å². The standard InChI is InChI=1S/C18H16FN3O/c1-12-7-3-4-8-14(12)18(23)21-16-11-20-22(13(16)2)17-10-6-5-9-15(17)19/h3-11H,1-2H3,(H,21,23). The van der Waals surface area contributed by atoms with E-state index in [1.165, 1.54) is 16.9 Å². The van der Waals surface area contributed by atoms with E-state index in [2.05, 4.69) is 10.4 Å². The fraction of sp³-hybridized carbons (Fsp3) is 0.111. The molecule has 1 amide bonds. The smallest absolute Gasteiger partial charge is 0.256 e. The average molecular weight is 309 g/mol. The van der Waals surface area contributed by atoms with Gasteiger partial charge in [-0.2, -0.15) is 5.10 Å². The highest BCUT2D eigenvalue weighted by atomic mass is 19.1. The highest BCUT2D eigenvalue weighted by molar-refractivity contribution is 6.05. The van der Waals surface area contributed by atoms with E-state index >= 15 is 0 Å². The Bertz CT molecular complexity index is 870. The number of hydrogen-bond acceptors (Lipinski definition) is 2. The molecule has 4 nitrogen and oxygen atoms in total. The molecule has 5 heteroatoms. The minimum Gasteiger partial charge on any atom is -0.319 e. The van der Waals surface area contributed by atoms with E-state index in [4.69, 9.17) is 0 Å². The molecule has 0 radical (unpaired) electrons. The number of halogens is 1. The summed E-state index contributed by atoms with van der Waals surface area (Å²) in [6, 6.07) is 13.7. The minimum atomic E-state index is -0.365. The zero-order chi connectivity index (χ0) is 16.4. The molecule has 0 fully saturated rings. The number of aryl methyl sites for hydroxylation is 1. The summed E-state index contributed by atoms with van der Waals surface area (Å²) in [6.07, 6.45) is 1.53. The fourth-order valence-corrected chi connectivity index (χ4v) is 2.42. The second-order valence-electron chi connectivity index (χ2n) is 5.28. The number of nitrogens with zero attached hydrogens (tertiary/aromatic N) is 2. The molecular weight excluding hydrogens is 293 g/mol. The van der Waals surface area contributed by atoms with Crippen LogP contribution in [0.15, 0.2) is 54.7 Å². The highest BCUT2D eigenvalue weighted by Crippen LogP contribution is 2.21. The maximum atomic E-state index is 13.9. The first-order valence-electron chi connectivity index (χ1n) is 7.24. The molecule has 1 N–H and O–H groups in total. The van der Waals surface area contributed by atoms with Crippen molar-refractivity contribution in [3.8, 4) is 5.69 Å². The highest BCUT2D eigenvalue weighted by Gasteiger charge is 2.15. The zero-order valence-electron chi connectivity index (χ0n) is 12.9. The first-order chi connectivity index (χ1) is 11.1. The van der Waals surface area contributed by atoms with Crippen molar-refractivity contribution in [3.63, 3.8) is 0 Å². The largest absolute Gasteiger partial charge is 0.319 e. The van der Waals surface area contributed by atoms with Crippen molar-refractivity contribution >= 4 is 11.6 Å². The molecule has 0 aliphatic rings. The van der Waals surface area contributed by atoms with Gasteiger partial charge < -0.3 is 5.32 Å². The molecule has 0 aliphatic carbocycles. The Morgan fingerprint density at radius 3 is 2.52 bits per heavy atom. The van der Waals surface area contributed by atoms with E-state index in [1.54, 1.807) is 31.2 Å². The van der Waals surface area contributed by atoms with Gasteiger partial charge in [-0.1, -0.05) is 30.3 Å². The molecule has 116 valence electrons. The molecule has 1 heterocycles. The number of anilines is 1. The summed E-state index contributed by atoms with van der Waals surface area (Å²) in [6.45, 7) is 3.66. The number of benzene rings is 2. The third-order valence-corrected chi connectivity index (χ3v) is 3.73. The second-order valence-corrected chi connectivity index (χ2v) is 5.28. The molecule has 3 aromatic rings. The van der Waals surface area contributed by atoms with Crippen molar-refractivity contribution in [1.29, 1.82) is 0 Å². The van der Waals surface area contributed by atoms with Crippen LogP contribution < -0.4 is 5.32 Å². The Hall–Kier alpha value is -2.95. The second kappa shape index (κ2) is 6.04. The zero-order valence-corrected chi connectivity index (χ0v) is 12.9. The number of carbonyl (C=O) groups excluding carboxylic acids is 1. The third kappa shape index (κ3) is 2.85. The number of para-hydroxylation sites is 1. The van der Waals surface area contributed by atoms with Gasteiger partial charge in [0.15, 0.2) is 0 Å². The number of aromatic nitrogens is 2. The quantitative estimate of drug-likeness (QED) is 0.798. The van der Waals surface area contributed by atoms with Gasteiger partial charge in [-0.3, -0.25) is 4.79 Å². The molecule has 0 spiro atoms. The van der Waals surface area contributed by atoms with Crippen LogP contribution in [0.1, 0.15) is 21.6 Å². The van der Waals surface area contributed by atoms with Crippen LogP contribution in [0.3, 0.4) is 0 Å². The van der Waals surface area contributed by atoms with Gasteiger partial charge in [0.05, 0.1) is 17.6 Å². The molecule has 3 rings (SSSR count). The lowest BCUT2D eigenvalue weighted by Gasteiger charge is -2.08. The molecule has 0 aliphatic heterocycles. The Morgan fingerprint density at radius 2 is 1.78 bits per heavy atom. The normalized spacial score (nSPS) is 10.6. The molecule has 23 heavy (non-hydrogen) atoms. The Labute approximate surface area is 133 Å². The van der Waals surface area contributed by atoms with Crippen molar-refractivity contribution < 1.29 is 9.18 Å². The lowest BCUT2D eigenvalue weighted by atomic mass is 10.1. The molecule has 0 atom stereocenters. The van der Waals surface area contributed by atoms with Crippen molar-refractivity contribution in [2.45, 2.75) is 13.8 Å². The molecular formula is C18H16FN3O. The van der Waals surface area contributed by atoms with Gasteiger partial charge in [-0.05, 0) is 37.6 Å². The summed E-state index contributed by atoms with van der Waals surface area (Å²) in [7, 11) is 0. The topological polar surface area (TPSA) is 46.9 Å². The van der Waals surface area contributed by atoms with Crippen LogP contribution >= 0.6 is 0 Å². The predicted molar refractivity (Wildman–Crippen MR) is 87.4 cm³/mol. The fourth-order valence-electron chi connectivity index (χ4n) is 2.42.